The van der Waals surface area contributed by atoms with E-state index in [1.165, 1.54) is 6.07 Å². The molecule has 0 saturated carbocycles. The fraction of sp³-hybridized carbons (Fsp3) is 0.190. The number of hydrogen-bond donors (Lipinski definition) is 2. The third-order valence-electron chi connectivity index (χ3n) is 4.44. The van der Waals surface area contributed by atoms with E-state index in [0.29, 0.717) is 5.76 Å². The summed E-state index contributed by atoms with van der Waals surface area (Å²) in [5.41, 5.74) is 1.19. The zero-order valence-corrected chi connectivity index (χ0v) is 17.3. The maximum Gasteiger partial charge on any atom is 0.287 e. The van der Waals surface area contributed by atoms with Crippen molar-refractivity contribution in [2.45, 2.75) is 19.9 Å². The van der Waals surface area contributed by atoms with Gasteiger partial charge in [-0.3, -0.25) is 9.52 Å². The van der Waals surface area contributed by atoms with Crippen LogP contribution in [0.2, 0.25) is 0 Å². The maximum absolute atomic E-state index is 14.2. The highest BCUT2D eigenvalue weighted by Gasteiger charge is 2.20. The molecule has 2 N–H and O–H groups in total. The van der Waals surface area contributed by atoms with Crippen LogP contribution in [0.25, 0.3) is 11.3 Å². The molecule has 0 aliphatic carbocycles. The van der Waals surface area contributed by atoms with Crippen LogP contribution in [0.3, 0.4) is 0 Å². The van der Waals surface area contributed by atoms with E-state index in [2.05, 4.69) is 5.32 Å². The molecule has 0 unspecified atom stereocenters. The van der Waals surface area contributed by atoms with Gasteiger partial charge in [0.25, 0.3) is 5.91 Å². The molecule has 9 heteroatoms. The second kappa shape index (κ2) is 8.27. The molecule has 2 aromatic carbocycles. The number of nitrogens with one attached hydrogen (secondary N) is 2. The summed E-state index contributed by atoms with van der Waals surface area (Å²) in [5.74, 6) is -2.15. The molecule has 3 rings (SSSR count). The summed E-state index contributed by atoms with van der Waals surface area (Å²) in [6.45, 7) is 3.46. The lowest BCUT2D eigenvalue weighted by atomic mass is 10.1. The van der Waals surface area contributed by atoms with E-state index >= 15 is 0 Å². The highest BCUT2D eigenvalue weighted by molar-refractivity contribution is 7.92. The summed E-state index contributed by atoms with van der Waals surface area (Å²) in [5, 5.41) is 2.61. The molecule has 0 fully saturated rings. The maximum atomic E-state index is 14.2. The van der Waals surface area contributed by atoms with Crippen molar-refractivity contribution in [1.82, 2.24) is 5.32 Å². The predicted octanol–water partition coefficient (Wildman–Crippen LogP) is 4.40. The fourth-order valence-corrected chi connectivity index (χ4v) is 3.50. The van der Waals surface area contributed by atoms with Crippen LogP contribution in [-0.4, -0.2) is 20.6 Å². The summed E-state index contributed by atoms with van der Waals surface area (Å²) < 4.78 is 58.3. The van der Waals surface area contributed by atoms with Crippen molar-refractivity contribution in [2.24, 2.45) is 0 Å². The molecule has 1 heterocycles. The van der Waals surface area contributed by atoms with E-state index in [1.807, 2.05) is 31.2 Å². The number of hydrogen-bond acceptors (Lipinski definition) is 4. The smallest absolute Gasteiger partial charge is 0.287 e. The first-order valence-electron chi connectivity index (χ1n) is 8.98. The molecule has 3 aromatic rings. The van der Waals surface area contributed by atoms with Gasteiger partial charge in [-0.2, -0.15) is 0 Å². The van der Waals surface area contributed by atoms with Gasteiger partial charge in [-0.25, -0.2) is 17.2 Å². The van der Waals surface area contributed by atoms with E-state index in [-0.39, 0.29) is 11.3 Å². The van der Waals surface area contributed by atoms with Gasteiger partial charge in [0, 0.05) is 5.56 Å². The Morgan fingerprint density at radius 2 is 1.70 bits per heavy atom. The molecule has 0 spiro atoms. The summed E-state index contributed by atoms with van der Waals surface area (Å²) in [4.78, 5) is 12.5. The molecule has 30 heavy (non-hydrogen) atoms. The van der Waals surface area contributed by atoms with Gasteiger partial charge in [-0.1, -0.05) is 24.3 Å². The zero-order valence-electron chi connectivity index (χ0n) is 16.5. The van der Waals surface area contributed by atoms with Gasteiger partial charge in [0.15, 0.2) is 17.4 Å². The third-order valence-corrected chi connectivity index (χ3v) is 5.01. The van der Waals surface area contributed by atoms with E-state index < -0.39 is 39.3 Å². The number of rotatable bonds is 6. The van der Waals surface area contributed by atoms with Crippen molar-refractivity contribution in [1.29, 1.82) is 0 Å². The molecular weight excluding hydrogens is 414 g/mol. The first-order chi connectivity index (χ1) is 14.0. The molecule has 1 aromatic heterocycles. The standard InChI is InChI=1S/C21H20F2N2O4S/c1-12-6-4-5-7-15(12)18-8-9-19(29-18)21(26)24-13(2)14-10-16(22)20(17(23)11-14)25-30(3,27)28/h4-11,13,25H,1-3H3,(H,24,26)/t13-/m1/s1. The molecule has 6 nitrogen and oxygen atoms in total. The Kier molecular flexibility index (Phi) is 5.93. The number of carbonyl (C=O) groups is 1. The van der Waals surface area contributed by atoms with Crippen molar-refractivity contribution in [3.05, 3.63) is 77.1 Å². The van der Waals surface area contributed by atoms with Gasteiger partial charge in [0.05, 0.1) is 12.3 Å². The summed E-state index contributed by atoms with van der Waals surface area (Å²) >= 11 is 0. The van der Waals surface area contributed by atoms with Gasteiger partial charge in [0.2, 0.25) is 10.0 Å². The Bertz CT molecular complexity index is 1180. The van der Waals surface area contributed by atoms with Gasteiger partial charge < -0.3 is 9.73 Å². The van der Waals surface area contributed by atoms with Crippen molar-refractivity contribution in [3.63, 3.8) is 0 Å². The predicted molar refractivity (Wildman–Crippen MR) is 110 cm³/mol. The van der Waals surface area contributed by atoms with Gasteiger partial charge in [-0.15, -0.1) is 0 Å². The van der Waals surface area contributed by atoms with Crippen LogP contribution in [0.1, 0.15) is 34.6 Å². The normalized spacial score (nSPS) is 12.4. The number of furan rings is 1. The Hall–Kier alpha value is -3.20. The minimum absolute atomic E-state index is 0.0522. The largest absolute Gasteiger partial charge is 0.451 e. The average Bonchev–Trinajstić information content (AvgIpc) is 3.14. The van der Waals surface area contributed by atoms with Crippen LogP contribution in [0.15, 0.2) is 52.9 Å². The van der Waals surface area contributed by atoms with Crippen molar-refractivity contribution >= 4 is 21.6 Å². The summed E-state index contributed by atoms with van der Waals surface area (Å²) in [7, 11) is -3.85. The number of sulfonamides is 1. The quantitative estimate of drug-likeness (QED) is 0.602. The molecule has 1 amide bonds. The van der Waals surface area contributed by atoms with E-state index in [4.69, 9.17) is 4.42 Å². The van der Waals surface area contributed by atoms with Crippen LogP contribution in [0.5, 0.6) is 0 Å². The van der Waals surface area contributed by atoms with Crippen molar-refractivity contribution in [2.75, 3.05) is 11.0 Å². The van der Waals surface area contributed by atoms with Crippen LogP contribution in [-0.2, 0) is 10.0 Å². The number of amides is 1. The van der Waals surface area contributed by atoms with Crippen LogP contribution < -0.4 is 10.0 Å². The second-order valence-electron chi connectivity index (χ2n) is 6.91. The van der Waals surface area contributed by atoms with Crippen LogP contribution in [0, 0.1) is 18.6 Å². The lowest BCUT2D eigenvalue weighted by Gasteiger charge is -2.15. The van der Waals surface area contributed by atoms with Crippen molar-refractivity contribution in [3.8, 4) is 11.3 Å². The van der Waals surface area contributed by atoms with Crippen molar-refractivity contribution < 1.29 is 26.4 Å². The Morgan fingerprint density at radius 3 is 2.30 bits per heavy atom. The van der Waals surface area contributed by atoms with Crippen LogP contribution in [0.4, 0.5) is 14.5 Å². The molecule has 0 bridgehead atoms. The minimum atomic E-state index is -3.85. The lowest BCUT2D eigenvalue weighted by molar-refractivity contribution is 0.0912. The lowest BCUT2D eigenvalue weighted by Crippen LogP contribution is -2.26. The SMILES string of the molecule is Cc1ccccc1-c1ccc(C(=O)N[C@H](C)c2cc(F)c(NS(C)(=O)=O)c(F)c2)o1. The van der Waals surface area contributed by atoms with Gasteiger partial charge in [-0.05, 0) is 49.2 Å². The molecule has 158 valence electrons. The number of halogens is 2. The molecule has 1 atom stereocenters. The third kappa shape index (κ3) is 4.85. The number of anilines is 1. The Morgan fingerprint density at radius 1 is 1.07 bits per heavy atom. The number of carbonyl (C=O) groups excluding carboxylic acids is 1. The Labute approximate surface area is 173 Å². The van der Waals surface area contributed by atoms with E-state index in [0.717, 1.165) is 29.5 Å². The first kappa shape index (κ1) is 21.5. The molecule has 0 aliphatic rings. The number of benzene rings is 2. The second-order valence-corrected chi connectivity index (χ2v) is 8.66. The highest BCUT2D eigenvalue weighted by atomic mass is 32.2. The number of aryl methyl sites for hydroxylation is 1. The van der Waals surface area contributed by atoms with E-state index in [1.54, 1.807) is 17.7 Å². The summed E-state index contributed by atoms with van der Waals surface area (Å²) in [6, 6.07) is 11.9. The van der Waals surface area contributed by atoms with Gasteiger partial charge in [0.1, 0.15) is 11.4 Å². The summed E-state index contributed by atoms with van der Waals surface area (Å²) in [6.07, 6.45) is 0.789. The topological polar surface area (TPSA) is 88.4 Å². The molecule has 0 saturated heterocycles. The van der Waals surface area contributed by atoms with Crippen LogP contribution >= 0.6 is 0 Å². The van der Waals surface area contributed by atoms with E-state index in [9.17, 15) is 22.0 Å². The fourth-order valence-electron chi connectivity index (χ4n) is 2.93. The van der Waals surface area contributed by atoms with Gasteiger partial charge >= 0.3 is 0 Å². The average molecular weight is 434 g/mol. The monoisotopic (exact) mass is 434 g/mol. The first-order valence-corrected chi connectivity index (χ1v) is 10.9. The zero-order chi connectivity index (χ0) is 22.1. The molecular formula is C21H20F2N2O4S. The molecule has 0 radical (unpaired) electrons. The minimum Gasteiger partial charge on any atom is -0.451 e. The molecule has 0 aliphatic heterocycles. The Balaban J connectivity index is 1.77. The highest BCUT2D eigenvalue weighted by Crippen LogP contribution is 2.27.